The third-order valence-corrected chi connectivity index (χ3v) is 8.26. The Hall–Kier alpha value is -3.07. The Labute approximate surface area is 228 Å². The van der Waals surface area contributed by atoms with E-state index >= 15 is 0 Å². The van der Waals surface area contributed by atoms with Crippen molar-refractivity contribution in [1.82, 2.24) is 10.2 Å². The van der Waals surface area contributed by atoms with Gasteiger partial charge >= 0.3 is 0 Å². The molecule has 10 heteroatoms. The van der Waals surface area contributed by atoms with Crippen LogP contribution in [0.1, 0.15) is 25.8 Å². The summed E-state index contributed by atoms with van der Waals surface area (Å²) in [4.78, 5) is 28.2. The van der Waals surface area contributed by atoms with E-state index in [1.165, 1.54) is 35.2 Å². The van der Waals surface area contributed by atoms with Gasteiger partial charge in [0.25, 0.3) is 10.0 Å². The molecule has 0 fully saturated rings. The lowest BCUT2D eigenvalue weighted by atomic mass is 10.1. The highest BCUT2D eigenvalue weighted by molar-refractivity contribution is 7.92. The first-order valence-corrected chi connectivity index (χ1v) is 14.0. The summed E-state index contributed by atoms with van der Waals surface area (Å²) in [6.07, 6.45) is 0.350. The number of nitrogens with zero attached hydrogens (tertiary/aromatic N) is 2. The predicted octanol–water partition coefficient (Wildman–Crippen LogP) is 5.13. The van der Waals surface area contributed by atoms with Crippen LogP contribution in [0.25, 0.3) is 0 Å². The number of carbonyl (C=O) groups excluding carboxylic acids is 2. The summed E-state index contributed by atoms with van der Waals surface area (Å²) in [5, 5.41) is 3.18. The number of nitrogens with one attached hydrogen (secondary N) is 1. The van der Waals surface area contributed by atoms with Gasteiger partial charge in [0.1, 0.15) is 12.6 Å². The SMILES string of the molecule is CCNC(=O)[C@@H](CC)N(Cc1ccccc1)C(=O)CN(c1ccc(Cl)c(Cl)c1)S(=O)(=O)c1ccccc1. The molecule has 0 aliphatic heterocycles. The van der Waals surface area contributed by atoms with E-state index in [4.69, 9.17) is 23.2 Å². The summed E-state index contributed by atoms with van der Waals surface area (Å²) in [5.74, 6) is -0.839. The van der Waals surface area contributed by atoms with Gasteiger partial charge in [0.15, 0.2) is 0 Å². The average Bonchev–Trinajstić information content (AvgIpc) is 2.90. The number of anilines is 1. The van der Waals surface area contributed by atoms with Crippen LogP contribution in [0.2, 0.25) is 10.0 Å². The van der Waals surface area contributed by atoms with Crippen LogP contribution in [0.3, 0.4) is 0 Å². The quantitative estimate of drug-likeness (QED) is 0.351. The molecule has 0 saturated carbocycles. The van der Waals surface area contributed by atoms with Crippen LogP contribution < -0.4 is 9.62 Å². The lowest BCUT2D eigenvalue weighted by molar-refractivity contribution is -0.140. The van der Waals surface area contributed by atoms with Crippen LogP contribution in [0, 0.1) is 0 Å². The minimum absolute atomic E-state index is 0.0132. The molecule has 3 aromatic carbocycles. The molecule has 196 valence electrons. The van der Waals surface area contributed by atoms with Gasteiger partial charge in [-0.2, -0.15) is 0 Å². The second-order valence-electron chi connectivity index (χ2n) is 8.25. The molecular weight excluding hydrogens is 533 g/mol. The van der Waals surface area contributed by atoms with Crippen LogP contribution in [-0.2, 0) is 26.2 Å². The molecule has 0 unspecified atom stereocenters. The van der Waals surface area contributed by atoms with Gasteiger partial charge < -0.3 is 10.2 Å². The van der Waals surface area contributed by atoms with Crippen molar-refractivity contribution in [3.05, 3.63) is 94.5 Å². The van der Waals surface area contributed by atoms with E-state index in [1.807, 2.05) is 37.3 Å². The number of carbonyl (C=O) groups is 2. The van der Waals surface area contributed by atoms with E-state index in [-0.39, 0.29) is 33.1 Å². The fraction of sp³-hybridized carbons (Fsp3) is 0.259. The number of sulfonamides is 1. The molecule has 0 saturated heterocycles. The van der Waals surface area contributed by atoms with Crippen LogP contribution in [0.4, 0.5) is 5.69 Å². The molecule has 3 aromatic rings. The first kappa shape index (κ1) is 28.5. The maximum Gasteiger partial charge on any atom is 0.264 e. The Morgan fingerprint density at radius 2 is 1.51 bits per heavy atom. The molecule has 0 radical (unpaired) electrons. The van der Waals surface area contributed by atoms with Crippen molar-refractivity contribution < 1.29 is 18.0 Å². The molecule has 0 bridgehead atoms. The number of benzene rings is 3. The van der Waals surface area contributed by atoms with Gasteiger partial charge in [0.2, 0.25) is 11.8 Å². The van der Waals surface area contributed by atoms with Crippen molar-refractivity contribution in [1.29, 1.82) is 0 Å². The highest BCUT2D eigenvalue weighted by atomic mass is 35.5. The number of likely N-dealkylation sites (N-methyl/N-ethyl adjacent to an activating group) is 1. The van der Waals surface area contributed by atoms with E-state index in [0.717, 1.165) is 9.87 Å². The van der Waals surface area contributed by atoms with Gasteiger partial charge in [-0.1, -0.05) is 78.7 Å². The summed E-state index contributed by atoms with van der Waals surface area (Å²) < 4.78 is 28.4. The standard InChI is InChI=1S/C27H29Cl2N3O4S/c1-3-25(27(34)30-4-2)31(18-20-11-7-5-8-12-20)26(33)19-32(21-15-16-23(28)24(29)17-21)37(35,36)22-13-9-6-10-14-22/h5-17,25H,3-4,18-19H2,1-2H3,(H,30,34)/t25-/m1/s1. The molecule has 2 amide bonds. The van der Waals surface area contributed by atoms with Gasteiger partial charge in [0, 0.05) is 13.1 Å². The van der Waals surface area contributed by atoms with E-state index < -0.39 is 28.5 Å². The van der Waals surface area contributed by atoms with E-state index in [0.29, 0.717) is 13.0 Å². The minimum Gasteiger partial charge on any atom is -0.355 e. The normalized spacial score (nSPS) is 12.0. The summed E-state index contributed by atoms with van der Waals surface area (Å²) in [5.41, 5.74) is 0.989. The van der Waals surface area contributed by atoms with Gasteiger partial charge in [-0.05, 0) is 49.2 Å². The molecule has 3 rings (SSSR count). The highest BCUT2D eigenvalue weighted by Crippen LogP contribution is 2.31. The molecule has 0 aliphatic rings. The molecule has 37 heavy (non-hydrogen) atoms. The van der Waals surface area contributed by atoms with Crippen molar-refractivity contribution in [2.24, 2.45) is 0 Å². The van der Waals surface area contributed by atoms with Gasteiger partial charge in [0.05, 0.1) is 20.6 Å². The summed E-state index contributed by atoms with van der Waals surface area (Å²) >= 11 is 12.3. The molecule has 0 heterocycles. The van der Waals surface area contributed by atoms with Gasteiger partial charge in [-0.25, -0.2) is 8.42 Å². The monoisotopic (exact) mass is 561 g/mol. The number of hydrogen-bond acceptors (Lipinski definition) is 4. The smallest absolute Gasteiger partial charge is 0.264 e. The third kappa shape index (κ3) is 7.03. The first-order valence-electron chi connectivity index (χ1n) is 11.8. The summed E-state index contributed by atoms with van der Waals surface area (Å²) in [6.45, 7) is 3.60. The summed E-state index contributed by atoms with van der Waals surface area (Å²) in [7, 11) is -4.16. The lowest BCUT2D eigenvalue weighted by Crippen LogP contribution is -2.52. The topological polar surface area (TPSA) is 86.8 Å². The lowest BCUT2D eigenvalue weighted by Gasteiger charge is -2.33. The highest BCUT2D eigenvalue weighted by Gasteiger charge is 2.33. The Morgan fingerprint density at radius 1 is 0.892 bits per heavy atom. The maximum atomic E-state index is 13.9. The Balaban J connectivity index is 2.06. The molecule has 0 spiro atoms. The average molecular weight is 563 g/mol. The molecule has 1 N–H and O–H groups in total. The number of hydrogen-bond donors (Lipinski definition) is 1. The second-order valence-corrected chi connectivity index (χ2v) is 10.9. The Kier molecular flexibility index (Phi) is 9.97. The number of amides is 2. The Morgan fingerprint density at radius 3 is 2.08 bits per heavy atom. The zero-order chi connectivity index (χ0) is 27.0. The van der Waals surface area contributed by atoms with Crippen molar-refractivity contribution in [2.45, 2.75) is 37.8 Å². The first-order chi connectivity index (χ1) is 17.7. The third-order valence-electron chi connectivity index (χ3n) is 5.73. The maximum absolute atomic E-state index is 13.9. The molecule has 0 aromatic heterocycles. The van der Waals surface area contributed by atoms with Gasteiger partial charge in [-0.15, -0.1) is 0 Å². The zero-order valence-electron chi connectivity index (χ0n) is 20.6. The van der Waals surface area contributed by atoms with Crippen molar-refractivity contribution in [3.63, 3.8) is 0 Å². The fourth-order valence-corrected chi connectivity index (χ4v) is 5.60. The fourth-order valence-electron chi connectivity index (χ4n) is 3.88. The molecule has 1 atom stereocenters. The molecular formula is C27H29Cl2N3O4S. The van der Waals surface area contributed by atoms with Crippen molar-refractivity contribution in [2.75, 3.05) is 17.4 Å². The second kappa shape index (κ2) is 12.9. The Bertz CT molecular complexity index is 1320. The zero-order valence-corrected chi connectivity index (χ0v) is 22.9. The van der Waals surface area contributed by atoms with E-state index in [1.54, 1.807) is 25.1 Å². The van der Waals surface area contributed by atoms with Crippen LogP contribution in [-0.4, -0.2) is 44.3 Å². The van der Waals surface area contributed by atoms with Crippen LogP contribution >= 0.6 is 23.2 Å². The van der Waals surface area contributed by atoms with E-state index in [9.17, 15) is 18.0 Å². The number of halogens is 2. The minimum atomic E-state index is -4.16. The molecule has 0 aliphatic carbocycles. The van der Waals surface area contributed by atoms with Gasteiger partial charge in [-0.3, -0.25) is 13.9 Å². The van der Waals surface area contributed by atoms with Crippen LogP contribution in [0.15, 0.2) is 83.8 Å². The predicted molar refractivity (Wildman–Crippen MR) is 147 cm³/mol. The van der Waals surface area contributed by atoms with E-state index in [2.05, 4.69) is 5.32 Å². The largest absolute Gasteiger partial charge is 0.355 e. The van der Waals surface area contributed by atoms with Crippen LogP contribution in [0.5, 0.6) is 0 Å². The van der Waals surface area contributed by atoms with Crippen molar-refractivity contribution in [3.8, 4) is 0 Å². The summed E-state index contributed by atoms with van der Waals surface area (Å²) in [6, 6.07) is 20.6. The number of rotatable bonds is 11. The van der Waals surface area contributed by atoms with Crippen molar-refractivity contribution >= 4 is 50.7 Å². The molecule has 7 nitrogen and oxygen atoms in total.